The Bertz CT molecular complexity index is 306. The Morgan fingerprint density at radius 3 is 2.36 bits per heavy atom. The number of Topliss-reactive ketones (excluding diaryl/α,β-unsaturated/α-hetero) is 3. The minimum Gasteiger partial charge on any atom is -0.299 e. The van der Waals surface area contributed by atoms with Gasteiger partial charge in [-0.15, -0.1) is 11.6 Å². The smallest absolute Gasteiger partial charge is 0.169 e. The summed E-state index contributed by atoms with van der Waals surface area (Å²) in [5.41, 5.74) is -0.540. The second-order valence-corrected chi connectivity index (χ2v) is 4.88. The van der Waals surface area contributed by atoms with E-state index in [2.05, 4.69) is 0 Å². The highest BCUT2D eigenvalue weighted by Crippen LogP contribution is 2.37. The van der Waals surface area contributed by atoms with Crippen LogP contribution in [0.15, 0.2) is 0 Å². The van der Waals surface area contributed by atoms with E-state index in [9.17, 15) is 14.4 Å². The Kier molecular flexibility index (Phi) is 2.81. The number of halogens is 1. The lowest BCUT2D eigenvalue weighted by atomic mass is 9.70. The fraction of sp³-hybridized carbons (Fsp3) is 0.700. The van der Waals surface area contributed by atoms with Crippen molar-refractivity contribution in [2.45, 2.75) is 32.6 Å². The molecular formula is C10H13ClO3. The van der Waals surface area contributed by atoms with E-state index in [1.54, 1.807) is 13.8 Å². The molecule has 2 atom stereocenters. The van der Waals surface area contributed by atoms with Crippen molar-refractivity contribution in [2.75, 3.05) is 0 Å². The molecule has 78 valence electrons. The summed E-state index contributed by atoms with van der Waals surface area (Å²) >= 11 is 5.91. The number of carbonyl (C=O) groups is 3. The summed E-state index contributed by atoms with van der Waals surface area (Å²) in [4.78, 5) is 34.2. The minimum atomic E-state index is -1.12. The second-order valence-electron chi connectivity index (χ2n) is 4.44. The van der Waals surface area contributed by atoms with Gasteiger partial charge in [-0.1, -0.05) is 13.8 Å². The van der Waals surface area contributed by atoms with Gasteiger partial charge in [-0.2, -0.15) is 0 Å². The van der Waals surface area contributed by atoms with Crippen LogP contribution in [0, 0.1) is 11.3 Å². The number of alkyl halides is 1. The van der Waals surface area contributed by atoms with Gasteiger partial charge >= 0.3 is 0 Å². The third-order valence-corrected chi connectivity index (χ3v) is 3.38. The largest absolute Gasteiger partial charge is 0.299 e. The van der Waals surface area contributed by atoms with Crippen molar-refractivity contribution in [2.24, 2.45) is 11.3 Å². The molecule has 3 nitrogen and oxygen atoms in total. The third kappa shape index (κ3) is 1.73. The van der Waals surface area contributed by atoms with E-state index in [1.807, 2.05) is 0 Å². The summed E-state index contributed by atoms with van der Waals surface area (Å²) in [5, 5.41) is -0.742. The molecule has 0 bridgehead atoms. The molecule has 0 saturated heterocycles. The maximum Gasteiger partial charge on any atom is 0.169 e. The topological polar surface area (TPSA) is 51.2 Å². The highest BCUT2D eigenvalue weighted by molar-refractivity contribution is 6.38. The first-order valence-electron chi connectivity index (χ1n) is 4.48. The molecule has 0 amide bonds. The molecule has 4 heteroatoms. The second kappa shape index (κ2) is 3.46. The first-order valence-corrected chi connectivity index (χ1v) is 4.92. The average Bonchev–Trinajstić information content (AvgIpc) is 1.98. The maximum absolute atomic E-state index is 11.6. The number of hydrogen-bond donors (Lipinski definition) is 0. The molecule has 0 aromatic carbocycles. The molecule has 14 heavy (non-hydrogen) atoms. The first-order chi connectivity index (χ1) is 6.27. The van der Waals surface area contributed by atoms with E-state index in [0.717, 1.165) is 0 Å². The molecule has 0 aromatic rings. The minimum absolute atomic E-state index is 0.192. The van der Waals surface area contributed by atoms with Crippen LogP contribution in [0.3, 0.4) is 0 Å². The van der Waals surface area contributed by atoms with Crippen LogP contribution in [0.2, 0.25) is 0 Å². The lowest BCUT2D eigenvalue weighted by Crippen LogP contribution is -2.49. The summed E-state index contributed by atoms with van der Waals surface area (Å²) in [6, 6.07) is 0. The highest BCUT2D eigenvalue weighted by Gasteiger charge is 2.48. The zero-order valence-corrected chi connectivity index (χ0v) is 9.22. The van der Waals surface area contributed by atoms with Gasteiger partial charge in [0.1, 0.15) is 11.7 Å². The molecule has 0 N–H and O–H groups in total. The van der Waals surface area contributed by atoms with Crippen molar-refractivity contribution in [3.63, 3.8) is 0 Å². The third-order valence-electron chi connectivity index (χ3n) is 2.58. The van der Waals surface area contributed by atoms with Crippen LogP contribution < -0.4 is 0 Å². The Labute approximate surface area is 87.8 Å². The van der Waals surface area contributed by atoms with E-state index in [-0.39, 0.29) is 12.2 Å². The summed E-state index contributed by atoms with van der Waals surface area (Å²) in [6.45, 7) is 4.77. The summed E-state index contributed by atoms with van der Waals surface area (Å²) in [7, 11) is 0. The van der Waals surface area contributed by atoms with Crippen molar-refractivity contribution in [3.8, 4) is 0 Å². The molecule has 0 aliphatic heterocycles. The van der Waals surface area contributed by atoms with Gasteiger partial charge < -0.3 is 0 Å². The zero-order valence-electron chi connectivity index (χ0n) is 8.46. The molecule has 1 aliphatic rings. The van der Waals surface area contributed by atoms with E-state index in [0.29, 0.717) is 0 Å². The lowest BCUT2D eigenvalue weighted by Gasteiger charge is -2.35. The van der Waals surface area contributed by atoms with Crippen molar-refractivity contribution < 1.29 is 14.4 Å². The fourth-order valence-electron chi connectivity index (χ4n) is 1.76. The summed E-state index contributed by atoms with van der Waals surface area (Å²) < 4.78 is 0. The van der Waals surface area contributed by atoms with E-state index in [1.165, 1.54) is 6.92 Å². The Morgan fingerprint density at radius 2 is 1.93 bits per heavy atom. The normalized spacial score (nSPS) is 31.7. The SMILES string of the molecule is CC(=O)[C@@H]1C(=O)CC(C)(C)[C@@H](Cl)C1=O. The van der Waals surface area contributed by atoms with Crippen LogP contribution in [-0.2, 0) is 14.4 Å². The van der Waals surface area contributed by atoms with Crippen molar-refractivity contribution in [1.82, 2.24) is 0 Å². The lowest BCUT2D eigenvalue weighted by molar-refractivity contribution is -0.144. The van der Waals surface area contributed by atoms with Gasteiger partial charge in [0.05, 0.1) is 5.38 Å². The molecule has 1 rings (SSSR count). The molecule has 1 saturated carbocycles. The van der Waals surface area contributed by atoms with Gasteiger partial charge in [-0.3, -0.25) is 14.4 Å². The predicted octanol–water partition coefficient (Wildman–Crippen LogP) is 1.37. The number of rotatable bonds is 1. The molecule has 0 aromatic heterocycles. The van der Waals surface area contributed by atoms with E-state index < -0.39 is 28.3 Å². The molecule has 0 heterocycles. The molecular weight excluding hydrogens is 204 g/mol. The van der Waals surface area contributed by atoms with Crippen LogP contribution >= 0.6 is 11.6 Å². The average molecular weight is 217 g/mol. The monoisotopic (exact) mass is 216 g/mol. The standard InChI is InChI=1S/C10H13ClO3/c1-5(12)7-6(13)4-10(2,3)9(11)8(7)14/h7,9H,4H2,1-3H3/t7-,9+/m1/s1. The fourth-order valence-corrected chi connectivity index (χ4v) is 1.96. The highest BCUT2D eigenvalue weighted by atomic mass is 35.5. The summed E-state index contributed by atoms with van der Waals surface area (Å²) in [5.74, 6) is -2.27. The van der Waals surface area contributed by atoms with Crippen molar-refractivity contribution in [1.29, 1.82) is 0 Å². The Balaban J connectivity index is 3.03. The van der Waals surface area contributed by atoms with E-state index in [4.69, 9.17) is 11.6 Å². The molecule has 0 spiro atoms. The van der Waals surface area contributed by atoms with Gasteiger partial charge in [0.2, 0.25) is 0 Å². The first kappa shape index (κ1) is 11.4. The van der Waals surface area contributed by atoms with Crippen LogP contribution in [0.5, 0.6) is 0 Å². The Hall–Kier alpha value is -0.700. The van der Waals surface area contributed by atoms with Crippen LogP contribution in [0.1, 0.15) is 27.2 Å². The van der Waals surface area contributed by atoms with Gasteiger partial charge in [-0.05, 0) is 12.3 Å². The summed E-state index contributed by atoms with van der Waals surface area (Å²) in [6.07, 6.45) is 0.192. The van der Waals surface area contributed by atoms with Gasteiger partial charge in [0, 0.05) is 6.42 Å². The van der Waals surface area contributed by atoms with Crippen LogP contribution in [0.25, 0.3) is 0 Å². The Morgan fingerprint density at radius 1 is 1.43 bits per heavy atom. The van der Waals surface area contributed by atoms with E-state index >= 15 is 0 Å². The molecule has 0 radical (unpaired) electrons. The van der Waals surface area contributed by atoms with Gasteiger partial charge in [-0.25, -0.2) is 0 Å². The van der Waals surface area contributed by atoms with Crippen molar-refractivity contribution >= 4 is 29.0 Å². The quantitative estimate of drug-likeness (QED) is 0.491. The predicted molar refractivity (Wildman–Crippen MR) is 52.2 cm³/mol. The zero-order chi connectivity index (χ0) is 11.1. The van der Waals surface area contributed by atoms with Crippen molar-refractivity contribution in [3.05, 3.63) is 0 Å². The number of carbonyl (C=O) groups excluding carboxylic acids is 3. The van der Waals surface area contributed by atoms with Crippen LogP contribution in [0.4, 0.5) is 0 Å². The molecule has 1 aliphatic carbocycles. The maximum atomic E-state index is 11.6. The van der Waals surface area contributed by atoms with Gasteiger partial charge in [0.25, 0.3) is 0 Å². The number of hydrogen-bond acceptors (Lipinski definition) is 3. The van der Waals surface area contributed by atoms with Gasteiger partial charge in [0.15, 0.2) is 11.6 Å². The molecule has 0 unspecified atom stereocenters. The van der Waals surface area contributed by atoms with Crippen LogP contribution in [-0.4, -0.2) is 22.7 Å². The molecule has 1 fully saturated rings. The number of ketones is 3.